The van der Waals surface area contributed by atoms with Gasteiger partial charge in [0.2, 0.25) is 0 Å². The molecule has 0 spiro atoms. The van der Waals surface area contributed by atoms with Gasteiger partial charge in [-0.25, -0.2) is 0 Å². The minimum atomic E-state index is 0.313. The predicted octanol–water partition coefficient (Wildman–Crippen LogP) is 1.48. The highest BCUT2D eigenvalue weighted by atomic mass is 35.5. The first-order valence-electron chi connectivity index (χ1n) is 5.87. The molecule has 0 radical (unpaired) electrons. The van der Waals surface area contributed by atoms with Crippen LogP contribution in [-0.4, -0.2) is 54.8 Å². The van der Waals surface area contributed by atoms with Crippen LogP contribution in [0.1, 0.15) is 25.7 Å². The number of hydrogen-bond donors (Lipinski definition) is 1. The van der Waals surface area contributed by atoms with E-state index in [0.29, 0.717) is 25.1 Å². The van der Waals surface area contributed by atoms with Crippen LogP contribution in [0.25, 0.3) is 0 Å². The standard InChI is InChI=1S/C11H22ClNO2/c12-5-9-15-10-7-13-6-1-3-11(13)4-2-8-14/h11,14H,1-10H2. The molecule has 0 saturated carbocycles. The Labute approximate surface area is 97.4 Å². The summed E-state index contributed by atoms with van der Waals surface area (Å²) < 4.78 is 5.37. The zero-order valence-corrected chi connectivity index (χ0v) is 10.1. The molecule has 0 aromatic heterocycles. The van der Waals surface area contributed by atoms with Crippen LogP contribution in [0.2, 0.25) is 0 Å². The normalized spacial score (nSPS) is 22.4. The van der Waals surface area contributed by atoms with Crippen molar-refractivity contribution in [1.29, 1.82) is 0 Å². The average Bonchev–Trinajstić information content (AvgIpc) is 2.69. The Morgan fingerprint density at radius 2 is 2.27 bits per heavy atom. The Kier molecular flexibility index (Phi) is 7.36. The van der Waals surface area contributed by atoms with E-state index >= 15 is 0 Å². The van der Waals surface area contributed by atoms with Crippen LogP contribution < -0.4 is 0 Å². The summed E-state index contributed by atoms with van der Waals surface area (Å²) in [7, 11) is 0. The first-order chi connectivity index (χ1) is 7.38. The molecule has 15 heavy (non-hydrogen) atoms. The third kappa shape index (κ3) is 5.16. The number of alkyl halides is 1. The fourth-order valence-electron chi connectivity index (χ4n) is 2.18. The van der Waals surface area contributed by atoms with E-state index in [1.165, 1.54) is 19.4 Å². The van der Waals surface area contributed by atoms with E-state index in [1.54, 1.807) is 0 Å². The molecule has 1 aliphatic heterocycles. The monoisotopic (exact) mass is 235 g/mol. The van der Waals surface area contributed by atoms with Crippen LogP contribution in [0, 0.1) is 0 Å². The summed E-state index contributed by atoms with van der Waals surface area (Å²) in [5, 5.41) is 8.80. The molecule has 0 aliphatic carbocycles. The van der Waals surface area contributed by atoms with Crippen molar-refractivity contribution < 1.29 is 9.84 Å². The topological polar surface area (TPSA) is 32.7 Å². The molecule has 1 N–H and O–H groups in total. The van der Waals surface area contributed by atoms with Crippen LogP contribution in [-0.2, 0) is 4.74 Å². The second-order valence-corrected chi connectivity index (χ2v) is 4.38. The molecule has 1 saturated heterocycles. The number of ether oxygens (including phenoxy) is 1. The van der Waals surface area contributed by atoms with Crippen molar-refractivity contribution >= 4 is 11.6 Å². The molecule has 0 aromatic rings. The molecule has 4 heteroatoms. The lowest BCUT2D eigenvalue weighted by Gasteiger charge is -2.23. The first-order valence-corrected chi connectivity index (χ1v) is 6.40. The lowest BCUT2D eigenvalue weighted by Crippen LogP contribution is -2.32. The van der Waals surface area contributed by atoms with Crippen LogP contribution in [0.5, 0.6) is 0 Å². The Morgan fingerprint density at radius 1 is 1.40 bits per heavy atom. The molecule has 1 unspecified atom stereocenters. The highest BCUT2D eigenvalue weighted by molar-refractivity contribution is 6.17. The second kappa shape index (κ2) is 8.34. The summed E-state index contributed by atoms with van der Waals surface area (Å²) in [5.41, 5.74) is 0. The number of nitrogens with zero attached hydrogens (tertiary/aromatic N) is 1. The van der Waals surface area contributed by atoms with Gasteiger partial charge in [0.1, 0.15) is 0 Å². The molecule has 0 aromatic carbocycles. The maximum absolute atomic E-state index is 8.80. The van der Waals surface area contributed by atoms with Gasteiger partial charge in [0.25, 0.3) is 0 Å². The van der Waals surface area contributed by atoms with E-state index in [9.17, 15) is 0 Å². The van der Waals surface area contributed by atoms with Crippen molar-refractivity contribution in [3.05, 3.63) is 0 Å². The predicted molar refractivity (Wildman–Crippen MR) is 62.5 cm³/mol. The van der Waals surface area contributed by atoms with Crippen molar-refractivity contribution in [2.75, 3.05) is 38.8 Å². The molecule has 0 bridgehead atoms. The van der Waals surface area contributed by atoms with Crippen LogP contribution in [0.15, 0.2) is 0 Å². The quantitative estimate of drug-likeness (QED) is 0.511. The molecule has 1 atom stereocenters. The summed E-state index contributed by atoms with van der Waals surface area (Å²) >= 11 is 5.53. The molecule has 90 valence electrons. The molecule has 1 heterocycles. The minimum absolute atomic E-state index is 0.313. The zero-order chi connectivity index (χ0) is 10.9. The van der Waals surface area contributed by atoms with Gasteiger partial charge in [-0.3, -0.25) is 4.90 Å². The van der Waals surface area contributed by atoms with E-state index < -0.39 is 0 Å². The summed E-state index contributed by atoms with van der Waals surface area (Å²) in [6.45, 7) is 3.93. The van der Waals surface area contributed by atoms with E-state index in [0.717, 1.165) is 26.0 Å². The molecule has 3 nitrogen and oxygen atoms in total. The molecule has 1 aliphatic rings. The fraction of sp³-hybridized carbons (Fsp3) is 1.00. The third-order valence-corrected chi connectivity index (χ3v) is 3.09. The van der Waals surface area contributed by atoms with Gasteiger partial charge in [-0.2, -0.15) is 0 Å². The number of halogens is 1. The Morgan fingerprint density at radius 3 is 3.00 bits per heavy atom. The Hall–Kier alpha value is 0.170. The first kappa shape index (κ1) is 13.2. The van der Waals surface area contributed by atoms with Gasteiger partial charge >= 0.3 is 0 Å². The van der Waals surface area contributed by atoms with Gasteiger partial charge < -0.3 is 9.84 Å². The number of aliphatic hydroxyl groups excluding tert-OH is 1. The molecule has 1 rings (SSSR count). The average molecular weight is 236 g/mol. The Bertz CT molecular complexity index is 158. The number of likely N-dealkylation sites (tertiary alicyclic amines) is 1. The van der Waals surface area contributed by atoms with Crippen molar-refractivity contribution in [1.82, 2.24) is 4.90 Å². The third-order valence-electron chi connectivity index (χ3n) is 2.94. The van der Waals surface area contributed by atoms with E-state index in [-0.39, 0.29) is 0 Å². The van der Waals surface area contributed by atoms with Gasteiger partial charge in [-0.05, 0) is 32.2 Å². The SMILES string of the molecule is OCCCC1CCCN1CCOCCCl. The minimum Gasteiger partial charge on any atom is -0.396 e. The number of aliphatic hydroxyl groups is 1. The summed E-state index contributed by atoms with van der Waals surface area (Å²) in [4.78, 5) is 2.48. The van der Waals surface area contributed by atoms with Crippen molar-refractivity contribution in [2.24, 2.45) is 0 Å². The van der Waals surface area contributed by atoms with Gasteiger partial charge in [0, 0.05) is 25.1 Å². The second-order valence-electron chi connectivity index (χ2n) is 4.00. The highest BCUT2D eigenvalue weighted by Crippen LogP contribution is 2.20. The molecule has 1 fully saturated rings. The fourth-order valence-corrected chi connectivity index (χ4v) is 2.29. The number of hydrogen-bond acceptors (Lipinski definition) is 3. The van der Waals surface area contributed by atoms with E-state index in [4.69, 9.17) is 21.4 Å². The molecule has 0 amide bonds. The van der Waals surface area contributed by atoms with Crippen molar-refractivity contribution in [2.45, 2.75) is 31.7 Å². The van der Waals surface area contributed by atoms with Gasteiger partial charge in [0.05, 0.1) is 13.2 Å². The maximum atomic E-state index is 8.80. The lowest BCUT2D eigenvalue weighted by molar-refractivity contribution is 0.106. The summed E-state index contributed by atoms with van der Waals surface area (Å²) in [6, 6.07) is 0.664. The summed E-state index contributed by atoms with van der Waals surface area (Å²) in [6.07, 6.45) is 4.59. The van der Waals surface area contributed by atoms with Crippen molar-refractivity contribution in [3.63, 3.8) is 0 Å². The van der Waals surface area contributed by atoms with Crippen LogP contribution >= 0.6 is 11.6 Å². The van der Waals surface area contributed by atoms with Gasteiger partial charge in [-0.15, -0.1) is 11.6 Å². The smallest absolute Gasteiger partial charge is 0.0602 e. The number of rotatable bonds is 8. The van der Waals surface area contributed by atoms with Gasteiger partial charge in [0.15, 0.2) is 0 Å². The van der Waals surface area contributed by atoms with Crippen LogP contribution in [0.4, 0.5) is 0 Å². The largest absolute Gasteiger partial charge is 0.396 e. The van der Waals surface area contributed by atoms with Gasteiger partial charge in [-0.1, -0.05) is 0 Å². The lowest BCUT2D eigenvalue weighted by atomic mass is 10.1. The van der Waals surface area contributed by atoms with Crippen molar-refractivity contribution in [3.8, 4) is 0 Å². The van der Waals surface area contributed by atoms with Crippen LogP contribution in [0.3, 0.4) is 0 Å². The zero-order valence-electron chi connectivity index (χ0n) is 9.33. The maximum Gasteiger partial charge on any atom is 0.0602 e. The Balaban J connectivity index is 2.09. The summed E-state index contributed by atoms with van der Waals surface area (Å²) in [5.74, 6) is 0.577. The van der Waals surface area contributed by atoms with E-state index in [1.807, 2.05) is 0 Å². The highest BCUT2D eigenvalue weighted by Gasteiger charge is 2.23. The molecular formula is C11H22ClNO2. The molecular weight excluding hydrogens is 214 g/mol. The van der Waals surface area contributed by atoms with E-state index in [2.05, 4.69) is 4.90 Å².